The van der Waals surface area contributed by atoms with E-state index in [4.69, 9.17) is 4.74 Å². The Bertz CT molecular complexity index is 555. The molecule has 2 aliphatic heterocycles. The van der Waals surface area contributed by atoms with Crippen LogP contribution in [-0.4, -0.2) is 18.4 Å². The smallest absolute Gasteiger partial charge is 0.193 e. The molecule has 0 aliphatic carbocycles. The van der Waals surface area contributed by atoms with Gasteiger partial charge in [-0.15, -0.1) is 0 Å². The molecule has 19 heavy (non-hydrogen) atoms. The molecule has 2 heterocycles. The molecule has 1 aromatic rings. The van der Waals surface area contributed by atoms with Gasteiger partial charge in [0.2, 0.25) is 0 Å². The van der Waals surface area contributed by atoms with Crippen molar-refractivity contribution in [3.63, 3.8) is 0 Å². The Kier molecular flexibility index (Phi) is 2.90. The second-order valence-electron chi connectivity index (χ2n) is 5.59. The molecule has 1 aromatic carbocycles. The van der Waals surface area contributed by atoms with E-state index >= 15 is 0 Å². The van der Waals surface area contributed by atoms with Crippen molar-refractivity contribution in [2.24, 2.45) is 4.99 Å². The predicted molar refractivity (Wildman–Crippen MR) is 77.0 cm³/mol. The monoisotopic (exact) mass is 254 g/mol. The minimum Gasteiger partial charge on any atom is -0.476 e. The lowest BCUT2D eigenvalue weighted by Gasteiger charge is -2.19. The number of hydrogen-bond acceptors (Lipinski definition) is 3. The molecule has 0 amide bonds. The number of ether oxygens (including phenoxy) is 1. The number of nitrogens with zero attached hydrogens (tertiary/aromatic N) is 1. The molecule has 0 radical (unpaired) electrons. The Morgan fingerprint density at radius 3 is 2.74 bits per heavy atom. The summed E-state index contributed by atoms with van der Waals surface area (Å²) in [6.07, 6.45) is 5.84. The molecular weight excluding hydrogens is 236 g/mol. The van der Waals surface area contributed by atoms with E-state index < -0.39 is 0 Å². The highest BCUT2D eigenvalue weighted by molar-refractivity contribution is 5.84. The highest BCUT2D eigenvalue weighted by Gasteiger charge is 2.31. The molecule has 3 heteroatoms. The van der Waals surface area contributed by atoms with E-state index in [0.29, 0.717) is 6.61 Å². The number of allylic oxidation sites excluding steroid dienone is 2. The first kappa shape index (κ1) is 12.0. The zero-order valence-electron chi connectivity index (χ0n) is 11.3. The van der Waals surface area contributed by atoms with Crippen molar-refractivity contribution in [1.29, 1.82) is 0 Å². The van der Waals surface area contributed by atoms with Crippen LogP contribution in [0.3, 0.4) is 0 Å². The average molecular weight is 254 g/mol. The van der Waals surface area contributed by atoms with E-state index in [1.165, 1.54) is 5.56 Å². The summed E-state index contributed by atoms with van der Waals surface area (Å²) in [5, 5.41) is 3.43. The van der Waals surface area contributed by atoms with Gasteiger partial charge in [0.05, 0.1) is 5.54 Å². The third-order valence-electron chi connectivity index (χ3n) is 3.36. The summed E-state index contributed by atoms with van der Waals surface area (Å²) >= 11 is 0. The zero-order valence-corrected chi connectivity index (χ0v) is 11.3. The van der Waals surface area contributed by atoms with Crippen molar-refractivity contribution < 1.29 is 4.74 Å². The van der Waals surface area contributed by atoms with Gasteiger partial charge in [-0.3, -0.25) is 4.99 Å². The van der Waals surface area contributed by atoms with Crippen molar-refractivity contribution in [3.8, 4) is 0 Å². The molecule has 1 atom stereocenters. The number of aliphatic imine (C=N–C) groups is 1. The largest absolute Gasteiger partial charge is 0.476 e. The molecular formula is C16H18N2O. The third-order valence-corrected chi connectivity index (χ3v) is 3.36. The standard InChI is InChI=1S/C16H18N2O/c1-16(2)11-19-15(18-16)14-10-17-9-8-13(14)12-6-4-3-5-7-12/h3-10,13,18H,11H2,1-2H3/b15-14-. The molecule has 0 bridgehead atoms. The number of benzene rings is 1. The van der Waals surface area contributed by atoms with Crippen LogP contribution in [0.2, 0.25) is 0 Å². The van der Waals surface area contributed by atoms with Gasteiger partial charge in [0.15, 0.2) is 5.88 Å². The zero-order chi connectivity index (χ0) is 13.3. The van der Waals surface area contributed by atoms with Crippen molar-refractivity contribution in [2.45, 2.75) is 25.3 Å². The fourth-order valence-electron chi connectivity index (χ4n) is 2.38. The topological polar surface area (TPSA) is 33.6 Å². The van der Waals surface area contributed by atoms with E-state index in [1.807, 2.05) is 18.5 Å². The molecule has 3 rings (SSSR count). The van der Waals surface area contributed by atoms with Gasteiger partial charge in [-0.2, -0.15) is 0 Å². The minimum atomic E-state index is -0.0153. The summed E-state index contributed by atoms with van der Waals surface area (Å²) in [7, 11) is 0. The summed E-state index contributed by atoms with van der Waals surface area (Å²) in [5.74, 6) is 1.06. The maximum absolute atomic E-state index is 5.80. The lowest BCUT2D eigenvalue weighted by molar-refractivity contribution is 0.234. The first-order valence-corrected chi connectivity index (χ1v) is 6.56. The summed E-state index contributed by atoms with van der Waals surface area (Å²) in [4.78, 5) is 4.24. The van der Waals surface area contributed by atoms with Crippen LogP contribution in [0.4, 0.5) is 0 Å². The second kappa shape index (κ2) is 4.57. The van der Waals surface area contributed by atoms with Crippen LogP contribution >= 0.6 is 0 Å². The Labute approximate surface area is 113 Å². The van der Waals surface area contributed by atoms with Gasteiger partial charge < -0.3 is 10.1 Å². The van der Waals surface area contributed by atoms with Crippen LogP contribution in [0.1, 0.15) is 25.3 Å². The summed E-state index contributed by atoms with van der Waals surface area (Å²) < 4.78 is 5.80. The van der Waals surface area contributed by atoms with E-state index in [1.54, 1.807) is 0 Å². The maximum Gasteiger partial charge on any atom is 0.193 e. The van der Waals surface area contributed by atoms with Gasteiger partial charge in [0.1, 0.15) is 6.61 Å². The maximum atomic E-state index is 5.80. The van der Waals surface area contributed by atoms with Gasteiger partial charge in [-0.25, -0.2) is 0 Å². The highest BCUT2D eigenvalue weighted by Crippen LogP contribution is 2.31. The fourth-order valence-corrected chi connectivity index (χ4v) is 2.38. The van der Waals surface area contributed by atoms with Crippen molar-refractivity contribution in [2.75, 3.05) is 6.61 Å². The van der Waals surface area contributed by atoms with Gasteiger partial charge in [0.25, 0.3) is 0 Å². The first-order chi connectivity index (χ1) is 9.16. The minimum absolute atomic E-state index is 0.0153. The molecule has 3 nitrogen and oxygen atoms in total. The van der Waals surface area contributed by atoms with Gasteiger partial charge in [-0.1, -0.05) is 36.4 Å². The van der Waals surface area contributed by atoms with Crippen LogP contribution < -0.4 is 5.32 Å². The highest BCUT2D eigenvalue weighted by atomic mass is 16.5. The first-order valence-electron chi connectivity index (χ1n) is 6.56. The Hall–Kier alpha value is -2.03. The summed E-state index contributed by atoms with van der Waals surface area (Å²) in [6.45, 7) is 4.95. The molecule has 1 unspecified atom stereocenters. The molecule has 2 aliphatic rings. The molecule has 0 saturated carbocycles. The quantitative estimate of drug-likeness (QED) is 0.836. The van der Waals surface area contributed by atoms with Gasteiger partial charge >= 0.3 is 0 Å². The van der Waals surface area contributed by atoms with E-state index in [9.17, 15) is 0 Å². The lowest BCUT2D eigenvalue weighted by atomic mass is 9.90. The lowest BCUT2D eigenvalue weighted by Crippen LogP contribution is -2.34. The summed E-state index contributed by atoms with van der Waals surface area (Å²) in [6, 6.07) is 10.4. The van der Waals surface area contributed by atoms with Crippen LogP contribution in [-0.2, 0) is 4.74 Å². The van der Waals surface area contributed by atoms with Crippen LogP contribution in [0.25, 0.3) is 0 Å². The predicted octanol–water partition coefficient (Wildman–Crippen LogP) is 2.98. The normalized spacial score (nSPS) is 28.0. The molecule has 1 saturated heterocycles. The van der Waals surface area contributed by atoms with Crippen molar-refractivity contribution >= 4 is 6.21 Å². The number of nitrogens with one attached hydrogen (secondary N) is 1. The van der Waals surface area contributed by atoms with Crippen LogP contribution in [0.5, 0.6) is 0 Å². The van der Waals surface area contributed by atoms with Crippen LogP contribution in [0, 0.1) is 0 Å². The van der Waals surface area contributed by atoms with Crippen molar-refractivity contribution in [3.05, 3.63) is 59.6 Å². The SMILES string of the molecule is CC1(C)CO/C(=C2/C=NC=CC2c2ccccc2)N1. The van der Waals surface area contributed by atoms with E-state index in [-0.39, 0.29) is 11.5 Å². The molecule has 0 spiro atoms. The molecule has 1 N–H and O–H groups in total. The molecule has 0 aromatic heterocycles. The Balaban J connectivity index is 1.98. The fraction of sp³-hybridized carbons (Fsp3) is 0.312. The van der Waals surface area contributed by atoms with E-state index in [2.05, 4.69) is 54.5 Å². The third kappa shape index (κ3) is 2.41. The number of rotatable bonds is 1. The van der Waals surface area contributed by atoms with Crippen LogP contribution in [0.15, 0.2) is 59.1 Å². The second-order valence-corrected chi connectivity index (χ2v) is 5.59. The van der Waals surface area contributed by atoms with Gasteiger partial charge in [0, 0.05) is 23.9 Å². The van der Waals surface area contributed by atoms with E-state index in [0.717, 1.165) is 11.5 Å². The molecule has 98 valence electrons. The van der Waals surface area contributed by atoms with Crippen molar-refractivity contribution in [1.82, 2.24) is 5.32 Å². The number of hydrogen-bond donors (Lipinski definition) is 1. The Morgan fingerprint density at radius 1 is 1.26 bits per heavy atom. The molecule has 1 fully saturated rings. The summed E-state index contributed by atoms with van der Waals surface area (Å²) in [5.41, 5.74) is 2.33. The average Bonchev–Trinajstić information content (AvgIpc) is 2.80. The Morgan fingerprint density at radius 2 is 2.05 bits per heavy atom. The van der Waals surface area contributed by atoms with Gasteiger partial charge in [-0.05, 0) is 19.4 Å².